The molecule has 0 aromatic carbocycles. The summed E-state index contributed by atoms with van der Waals surface area (Å²) in [6.45, 7) is 3.42. The van der Waals surface area contributed by atoms with Crippen LogP contribution in [-0.2, 0) is 0 Å². The third kappa shape index (κ3) is 2.93. The number of hydrogen-bond donors (Lipinski definition) is 2. The van der Waals surface area contributed by atoms with Crippen molar-refractivity contribution in [2.24, 2.45) is 11.8 Å². The molecule has 3 atom stereocenters. The Kier molecular flexibility index (Phi) is 3.99. The van der Waals surface area contributed by atoms with E-state index in [1.165, 1.54) is 32.2 Å². The van der Waals surface area contributed by atoms with E-state index in [0.29, 0.717) is 6.04 Å². The van der Waals surface area contributed by atoms with Gasteiger partial charge in [0, 0.05) is 6.04 Å². The standard InChI is InChI=1S/C12H21N3/c13-7-11-4-1-5-12(11)15-9-10-3-2-6-14-8-10/h10-12,14-15H,1-6,8-9H2. The molecule has 0 spiro atoms. The van der Waals surface area contributed by atoms with Gasteiger partial charge in [-0.25, -0.2) is 0 Å². The van der Waals surface area contributed by atoms with Crippen molar-refractivity contribution in [3.8, 4) is 6.07 Å². The summed E-state index contributed by atoms with van der Waals surface area (Å²) in [7, 11) is 0. The summed E-state index contributed by atoms with van der Waals surface area (Å²) < 4.78 is 0. The highest BCUT2D eigenvalue weighted by Crippen LogP contribution is 2.25. The lowest BCUT2D eigenvalue weighted by Gasteiger charge is -2.25. The number of nitriles is 1. The molecular formula is C12H21N3. The van der Waals surface area contributed by atoms with Crippen LogP contribution in [0.4, 0.5) is 0 Å². The smallest absolute Gasteiger partial charge is 0.0672 e. The Balaban J connectivity index is 1.70. The molecule has 1 heterocycles. The Bertz CT molecular complexity index is 228. The van der Waals surface area contributed by atoms with E-state index in [9.17, 15) is 0 Å². The summed E-state index contributed by atoms with van der Waals surface area (Å²) in [5.74, 6) is 1.04. The molecule has 2 N–H and O–H groups in total. The number of hydrogen-bond acceptors (Lipinski definition) is 3. The summed E-state index contributed by atoms with van der Waals surface area (Å²) in [5, 5.41) is 16.0. The van der Waals surface area contributed by atoms with Crippen molar-refractivity contribution in [2.45, 2.75) is 38.1 Å². The fraction of sp³-hybridized carbons (Fsp3) is 0.917. The van der Waals surface area contributed by atoms with E-state index in [2.05, 4.69) is 16.7 Å². The molecule has 2 aliphatic rings. The average Bonchev–Trinajstić information content (AvgIpc) is 2.75. The van der Waals surface area contributed by atoms with Crippen LogP contribution in [0.1, 0.15) is 32.1 Å². The second kappa shape index (κ2) is 5.48. The molecule has 2 fully saturated rings. The Morgan fingerprint density at radius 2 is 2.20 bits per heavy atom. The minimum Gasteiger partial charge on any atom is -0.316 e. The minimum absolute atomic E-state index is 0.265. The van der Waals surface area contributed by atoms with Crippen LogP contribution in [0.25, 0.3) is 0 Å². The maximum Gasteiger partial charge on any atom is 0.0672 e. The van der Waals surface area contributed by atoms with Crippen molar-refractivity contribution >= 4 is 0 Å². The van der Waals surface area contributed by atoms with E-state index >= 15 is 0 Å². The van der Waals surface area contributed by atoms with E-state index < -0.39 is 0 Å². The van der Waals surface area contributed by atoms with Crippen LogP contribution >= 0.6 is 0 Å². The van der Waals surface area contributed by atoms with Crippen LogP contribution in [0.5, 0.6) is 0 Å². The molecule has 1 aliphatic carbocycles. The topological polar surface area (TPSA) is 47.9 Å². The summed E-state index contributed by atoms with van der Waals surface area (Å²) in [5.41, 5.74) is 0. The van der Waals surface area contributed by atoms with E-state index in [1.54, 1.807) is 0 Å². The maximum atomic E-state index is 8.97. The predicted molar refractivity (Wildman–Crippen MR) is 60.3 cm³/mol. The van der Waals surface area contributed by atoms with Gasteiger partial charge in [-0.15, -0.1) is 0 Å². The van der Waals surface area contributed by atoms with E-state index in [-0.39, 0.29) is 5.92 Å². The lowest BCUT2D eigenvalue weighted by Crippen LogP contribution is -2.40. The van der Waals surface area contributed by atoms with Gasteiger partial charge >= 0.3 is 0 Å². The lowest BCUT2D eigenvalue weighted by molar-refractivity contribution is 0.334. The molecule has 1 aliphatic heterocycles. The first-order chi connectivity index (χ1) is 7.40. The highest BCUT2D eigenvalue weighted by molar-refractivity contribution is 4.96. The zero-order valence-corrected chi connectivity index (χ0v) is 9.34. The van der Waals surface area contributed by atoms with Crippen molar-refractivity contribution < 1.29 is 0 Å². The Labute approximate surface area is 92.2 Å². The molecular weight excluding hydrogens is 186 g/mol. The molecule has 3 nitrogen and oxygen atoms in total. The second-order valence-corrected chi connectivity index (χ2v) is 4.89. The van der Waals surface area contributed by atoms with Crippen LogP contribution in [0.3, 0.4) is 0 Å². The highest BCUT2D eigenvalue weighted by atomic mass is 15.0. The molecule has 0 radical (unpaired) electrons. The van der Waals surface area contributed by atoms with Gasteiger partial charge in [0.15, 0.2) is 0 Å². The Hall–Kier alpha value is -0.590. The van der Waals surface area contributed by atoms with Crippen molar-refractivity contribution in [3.63, 3.8) is 0 Å². The monoisotopic (exact) mass is 207 g/mol. The van der Waals surface area contributed by atoms with Crippen molar-refractivity contribution in [1.29, 1.82) is 5.26 Å². The lowest BCUT2D eigenvalue weighted by atomic mass is 9.98. The van der Waals surface area contributed by atoms with Crippen LogP contribution in [0, 0.1) is 23.2 Å². The van der Waals surface area contributed by atoms with Gasteiger partial charge in [-0.05, 0) is 51.2 Å². The predicted octanol–water partition coefficient (Wildman–Crippen LogP) is 1.27. The molecule has 3 heteroatoms. The molecule has 2 rings (SSSR count). The van der Waals surface area contributed by atoms with Crippen molar-refractivity contribution in [2.75, 3.05) is 19.6 Å². The fourth-order valence-corrected chi connectivity index (χ4v) is 2.78. The van der Waals surface area contributed by atoms with Crippen molar-refractivity contribution in [3.05, 3.63) is 0 Å². The normalized spacial score (nSPS) is 36.3. The number of nitrogens with zero attached hydrogens (tertiary/aromatic N) is 1. The summed E-state index contributed by atoms with van der Waals surface area (Å²) >= 11 is 0. The van der Waals surface area contributed by atoms with Gasteiger partial charge in [0.05, 0.1) is 12.0 Å². The van der Waals surface area contributed by atoms with Gasteiger partial charge in [0.2, 0.25) is 0 Å². The second-order valence-electron chi connectivity index (χ2n) is 4.89. The first kappa shape index (κ1) is 10.9. The quantitative estimate of drug-likeness (QED) is 0.732. The summed E-state index contributed by atoms with van der Waals surface area (Å²) in [6.07, 6.45) is 6.15. The third-order valence-corrected chi connectivity index (χ3v) is 3.75. The number of rotatable bonds is 3. The van der Waals surface area contributed by atoms with E-state index in [1.807, 2.05) is 0 Å². The molecule has 0 bridgehead atoms. The Morgan fingerprint density at radius 3 is 2.93 bits per heavy atom. The molecule has 3 unspecified atom stereocenters. The molecule has 1 saturated heterocycles. The molecule has 0 aromatic rings. The van der Waals surface area contributed by atoms with Crippen LogP contribution in [-0.4, -0.2) is 25.7 Å². The summed E-state index contributed by atoms with van der Waals surface area (Å²) in [6, 6.07) is 2.89. The maximum absolute atomic E-state index is 8.97. The largest absolute Gasteiger partial charge is 0.316 e. The number of nitrogens with one attached hydrogen (secondary N) is 2. The fourth-order valence-electron chi connectivity index (χ4n) is 2.78. The Morgan fingerprint density at radius 1 is 1.27 bits per heavy atom. The highest BCUT2D eigenvalue weighted by Gasteiger charge is 2.27. The number of piperidine rings is 1. The van der Waals surface area contributed by atoms with Gasteiger partial charge in [-0.3, -0.25) is 0 Å². The average molecular weight is 207 g/mol. The van der Waals surface area contributed by atoms with Crippen LogP contribution in [0.15, 0.2) is 0 Å². The first-order valence-corrected chi connectivity index (χ1v) is 6.24. The molecule has 0 aromatic heterocycles. The van der Waals surface area contributed by atoms with Crippen LogP contribution < -0.4 is 10.6 Å². The SMILES string of the molecule is N#CC1CCCC1NCC1CCCNC1. The third-order valence-electron chi connectivity index (χ3n) is 3.75. The van der Waals surface area contributed by atoms with Crippen molar-refractivity contribution in [1.82, 2.24) is 10.6 Å². The molecule has 1 saturated carbocycles. The van der Waals surface area contributed by atoms with E-state index in [4.69, 9.17) is 5.26 Å². The molecule has 15 heavy (non-hydrogen) atoms. The van der Waals surface area contributed by atoms with Gasteiger partial charge in [-0.1, -0.05) is 6.42 Å². The van der Waals surface area contributed by atoms with Crippen LogP contribution in [0.2, 0.25) is 0 Å². The van der Waals surface area contributed by atoms with Gasteiger partial charge in [0.25, 0.3) is 0 Å². The van der Waals surface area contributed by atoms with E-state index in [0.717, 1.165) is 25.4 Å². The van der Waals surface area contributed by atoms with Gasteiger partial charge < -0.3 is 10.6 Å². The zero-order valence-electron chi connectivity index (χ0n) is 9.34. The van der Waals surface area contributed by atoms with Gasteiger partial charge in [0.1, 0.15) is 0 Å². The van der Waals surface area contributed by atoms with Gasteiger partial charge in [-0.2, -0.15) is 5.26 Å². The summed E-state index contributed by atoms with van der Waals surface area (Å²) in [4.78, 5) is 0. The first-order valence-electron chi connectivity index (χ1n) is 6.24. The molecule has 0 amide bonds. The zero-order chi connectivity index (χ0) is 10.5. The molecule has 84 valence electrons. The minimum atomic E-state index is 0.265.